The molecule has 3 rings (SSSR count). The molecule has 2 aromatic heterocycles. The average Bonchev–Trinajstić information content (AvgIpc) is 3.06. The van der Waals surface area contributed by atoms with E-state index in [2.05, 4.69) is 0 Å². The lowest BCUT2D eigenvalue weighted by Gasteiger charge is -2.16. The van der Waals surface area contributed by atoms with E-state index in [-0.39, 0.29) is 17.8 Å². The summed E-state index contributed by atoms with van der Waals surface area (Å²) < 4.78 is 39.8. The first kappa shape index (κ1) is 16.0. The Kier molecular flexibility index (Phi) is 4.25. The number of ether oxygens (including phenoxy) is 1. The standard InChI is InChI=1S/C17H14BF2NO3/c1-10-8-14(24-9-11-4-3-7-23-11)15(18)17(22)21(10)16-12(19)5-2-6-13(16)20/h2-8H,9,18H2,1H3. The van der Waals surface area contributed by atoms with Crippen molar-refractivity contribution in [1.82, 2.24) is 4.57 Å². The molecular formula is C17H14BF2NO3. The Labute approximate surface area is 137 Å². The van der Waals surface area contributed by atoms with Crippen LogP contribution in [0.25, 0.3) is 5.69 Å². The first-order valence-electron chi connectivity index (χ1n) is 7.32. The maximum atomic E-state index is 14.0. The molecule has 0 aliphatic carbocycles. The molecule has 0 radical (unpaired) electrons. The van der Waals surface area contributed by atoms with Crippen LogP contribution in [0.5, 0.6) is 5.75 Å². The van der Waals surface area contributed by atoms with Gasteiger partial charge in [0.1, 0.15) is 35.4 Å². The summed E-state index contributed by atoms with van der Waals surface area (Å²) in [6.07, 6.45) is 1.52. The van der Waals surface area contributed by atoms with Crippen molar-refractivity contribution in [2.24, 2.45) is 0 Å². The molecule has 0 spiro atoms. The number of para-hydroxylation sites is 1. The van der Waals surface area contributed by atoms with Crippen LogP contribution in [0.3, 0.4) is 0 Å². The second kappa shape index (κ2) is 6.35. The van der Waals surface area contributed by atoms with Crippen LogP contribution >= 0.6 is 0 Å². The van der Waals surface area contributed by atoms with E-state index in [9.17, 15) is 13.6 Å². The van der Waals surface area contributed by atoms with E-state index >= 15 is 0 Å². The predicted octanol–water partition coefficient (Wildman–Crippen LogP) is 1.85. The third-order valence-corrected chi connectivity index (χ3v) is 3.70. The Morgan fingerprint density at radius 3 is 2.54 bits per heavy atom. The van der Waals surface area contributed by atoms with Gasteiger partial charge in [0, 0.05) is 11.2 Å². The number of halogens is 2. The Morgan fingerprint density at radius 1 is 1.21 bits per heavy atom. The molecule has 1 aromatic carbocycles. The summed E-state index contributed by atoms with van der Waals surface area (Å²) in [4.78, 5) is 12.6. The van der Waals surface area contributed by atoms with E-state index in [0.717, 1.165) is 16.7 Å². The molecule has 24 heavy (non-hydrogen) atoms. The molecule has 0 amide bonds. The summed E-state index contributed by atoms with van der Waals surface area (Å²) in [7, 11) is 1.55. The van der Waals surface area contributed by atoms with Crippen molar-refractivity contribution in [3.8, 4) is 11.4 Å². The highest BCUT2D eigenvalue weighted by molar-refractivity contribution is 6.34. The van der Waals surface area contributed by atoms with Crippen LogP contribution in [0.15, 0.2) is 51.9 Å². The van der Waals surface area contributed by atoms with Gasteiger partial charge in [0.2, 0.25) is 0 Å². The highest BCUT2D eigenvalue weighted by Crippen LogP contribution is 2.19. The highest BCUT2D eigenvalue weighted by atomic mass is 19.1. The third-order valence-electron chi connectivity index (χ3n) is 3.70. The van der Waals surface area contributed by atoms with Crippen molar-refractivity contribution in [1.29, 1.82) is 0 Å². The minimum Gasteiger partial charge on any atom is -0.486 e. The number of pyridine rings is 1. The zero-order valence-corrected chi connectivity index (χ0v) is 13.2. The quantitative estimate of drug-likeness (QED) is 0.687. The van der Waals surface area contributed by atoms with E-state index in [1.54, 1.807) is 33.0 Å². The molecule has 0 fully saturated rings. The molecule has 0 saturated heterocycles. The Morgan fingerprint density at radius 2 is 1.92 bits per heavy atom. The largest absolute Gasteiger partial charge is 0.486 e. The third kappa shape index (κ3) is 2.85. The first-order valence-corrected chi connectivity index (χ1v) is 7.32. The number of nitrogens with zero attached hydrogens (tertiary/aromatic N) is 1. The molecule has 0 N–H and O–H groups in total. The second-order valence-corrected chi connectivity index (χ2v) is 5.35. The van der Waals surface area contributed by atoms with Gasteiger partial charge in [0.05, 0.1) is 6.26 Å². The van der Waals surface area contributed by atoms with Crippen LogP contribution in [0.1, 0.15) is 11.5 Å². The van der Waals surface area contributed by atoms with Crippen LogP contribution in [0, 0.1) is 18.6 Å². The fourth-order valence-corrected chi connectivity index (χ4v) is 2.47. The maximum Gasteiger partial charge on any atom is 0.252 e. The van der Waals surface area contributed by atoms with Crippen molar-refractivity contribution >= 4 is 13.3 Å². The number of hydrogen-bond acceptors (Lipinski definition) is 3. The number of furan rings is 1. The number of aromatic nitrogens is 1. The van der Waals surface area contributed by atoms with Gasteiger partial charge in [0.15, 0.2) is 7.85 Å². The molecule has 0 unspecified atom stereocenters. The van der Waals surface area contributed by atoms with Crippen LogP contribution in [-0.4, -0.2) is 12.4 Å². The van der Waals surface area contributed by atoms with Crippen molar-refractivity contribution in [2.75, 3.05) is 0 Å². The Bertz CT molecular complexity index is 915. The lowest BCUT2D eigenvalue weighted by atomic mass is 9.96. The summed E-state index contributed by atoms with van der Waals surface area (Å²) >= 11 is 0. The molecule has 2 heterocycles. The smallest absolute Gasteiger partial charge is 0.252 e. The molecule has 7 heteroatoms. The van der Waals surface area contributed by atoms with Gasteiger partial charge in [0.25, 0.3) is 5.56 Å². The van der Waals surface area contributed by atoms with Crippen LogP contribution < -0.4 is 15.8 Å². The van der Waals surface area contributed by atoms with E-state index in [0.29, 0.717) is 17.2 Å². The molecule has 0 aliphatic rings. The molecule has 3 aromatic rings. The van der Waals surface area contributed by atoms with Gasteiger partial charge in [-0.05, 0) is 37.3 Å². The summed E-state index contributed by atoms with van der Waals surface area (Å²) in [5, 5.41) is 0. The van der Waals surface area contributed by atoms with Crippen molar-refractivity contribution in [3.63, 3.8) is 0 Å². The normalized spacial score (nSPS) is 10.8. The summed E-state index contributed by atoms with van der Waals surface area (Å²) in [5.41, 5.74) is -0.298. The minimum absolute atomic E-state index is 0.158. The zero-order valence-electron chi connectivity index (χ0n) is 13.2. The van der Waals surface area contributed by atoms with E-state index < -0.39 is 17.2 Å². The molecule has 122 valence electrons. The van der Waals surface area contributed by atoms with Crippen LogP contribution in [-0.2, 0) is 6.61 Å². The number of rotatable bonds is 4. The lowest BCUT2D eigenvalue weighted by Crippen LogP contribution is -2.36. The van der Waals surface area contributed by atoms with Gasteiger partial charge in [-0.15, -0.1) is 0 Å². The number of aryl methyl sites for hydroxylation is 1. The van der Waals surface area contributed by atoms with Gasteiger partial charge in [-0.2, -0.15) is 0 Å². The van der Waals surface area contributed by atoms with E-state index in [1.807, 2.05) is 0 Å². The van der Waals surface area contributed by atoms with Gasteiger partial charge >= 0.3 is 0 Å². The molecular weight excluding hydrogens is 315 g/mol. The molecule has 0 atom stereocenters. The number of hydrogen-bond donors (Lipinski definition) is 0. The monoisotopic (exact) mass is 329 g/mol. The van der Waals surface area contributed by atoms with Gasteiger partial charge in [-0.3, -0.25) is 9.36 Å². The second-order valence-electron chi connectivity index (χ2n) is 5.35. The molecule has 4 nitrogen and oxygen atoms in total. The van der Waals surface area contributed by atoms with Crippen molar-refractivity contribution in [2.45, 2.75) is 13.5 Å². The van der Waals surface area contributed by atoms with Crippen LogP contribution in [0.2, 0.25) is 0 Å². The first-order chi connectivity index (χ1) is 11.5. The number of benzene rings is 1. The predicted molar refractivity (Wildman–Crippen MR) is 87.9 cm³/mol. The lowest BCUT2D eigenvalue weighted by molar-refractivity contribution is 0.271. The van der Waals surface area contributed by atoms with Crippen molar-refractivity contribution in [3.05, 3.63) is 76.1 Å². The fourth-order valence-electron chi connectivity index (χ4n) is 2.47. The summed E-state index contributed by atoms with van der Waals surface area (Å²) in [6.45, 7) is 1.75. The average molecular weight is 329 g/mol. The molecule has 0 bridgehead atoms. The van der Waals surface area contributed by atoms with E-state index in [4.69, 9.17) is 9.15 Å². The zero-order chi connectivity index (χ0) is 17.3. The van der Waals surface area contributed by atoms with Crippen molar-refractivity contribution < 1.29 is 17.9 Å². The van der Waals surface area contributed by atoms with Crippen LogP contribution in [0.4, 0.5) is 8.78 Å². The van der Waals surface area contributed by atoms with Gasteiger partial charge in [-0.1, -0.05) is 6.07 Å². The van der Waals surface area contributed by atoms with E-state index in [1.165, 1.54) is 12.3 Å². The van der Waals surface area contributed by atoms with Gasteiger partial charge < -0.3 is 9.15 Å². The molecule has 0 saturated carbocycles. The maximum absolute atomic E-state index is 14.0. The fraction of sp³-hybridized carbons (Fsp3) is 0.118. The summed E-state index contributed by atoms with van der Waals surface area (Å²) in [6, 6.07) is 8.53. The minimum atomic E-state index is -0.802. The van der Waals surface area contributed by atoms with Gasteiger partial charge in [-0.25, -0.2) is 8.78 Å². The Hall–Kier alpha value is -2.83. The molecule has 0 aliphatic heterocycles. The topological polar surface area (TPSA) is 44.4 Å². The summed E-state index contributed by atoms with van der Waals surface area (Å²) in [5.74, 6) is -0.647. The SMILES string of the molecule is Bc1c(OCc2ccco2)cc(C)n(-c2c(F)cccc2F)c1=O. The Balaban J connectivity index is 2.05. The highest BCUT2D eigenvalue weighted by Gasteiger charge is 2.18.